The molecule has 1 aliphatic rings. The number of amides is 1. The Kier molecular flexibility index (Phi) is 7.82. The second-order valence-electron chi connectivity index (χ2n) is 9.84. The van der Waals surface area contributed by atoms with E-state index in [0.717, 1.165) is 68.5 Å². The maximum absolute atomic E-state index is 13.4. The summed E-state index contributed by atoms with van der Waals surface area (Å²) in [7, 11) is 0. The zero-order chi connectivity index (χ0) is 25.6. The van der Waals surface area contributed by atoms with Crippen molar-refractivity contribution in [3.63, 3.8) is 0 Å². The Bertz CT molecular complexity index is 1300. The number of aryl methyl sites for hydroxylation is 2. The molecule has 1 amide bonds. The molecule has 2 aromatic heterocycles. The number of nitrogens with zero attached hydrogens (tertiary/aromatic N) is 5. The molecule has 0 radical (unpaired) electrons. The molecule has 3 heterocycles. The predicted octanol–water partition coefficient (Wildman–Crippen LogP) is 4.22. The summed E-state index contributed by atoms with van der Waals surface area (Å²) >= 11 is 0. The van der Waals surface area contributed by atoms with Crippen LogP contribution in [0.4, 0.5) is 0 Å². The molecule has 0 bridgehead atoms. The van der Waals surface area contributed by atoms with E-state index >= 15 is 0 Å². The maximum atomic E-state index is 13.4. The van der Waals surface area contributed by atoms with Gasteiger partial charge in [0.15, 0.2) is 5.82 Å². The molecular formula is C30H36N6O. The molecule has 0 spiro atoms. The van der Waals surface area contributed by atoms with Crippen molar-refractivity contribution in [1.82, 2.24) is 29.5 Å². The molecule has 0 saturated carbocycles. The van der Waals surface area contributed by atoms with Gasteiger partial charge in [-0.05, 0) is 62.2 Å². The number of nitrogens with one attached hydrogen (secondary N) is 1. The topological polar surface area (TPSA) is 58.3 Å². The standard InChI is InChI=1S/C30H36N6O/c1-24-10-8-13-27(22-24)36-30(35-16-6-7-17-35)28(25(2)32-36)29(37)31-14-9-15-33-18-20-34(21-19-33)23-26-11-4-3-5-12-26/h3-8,10-13,16-17,22H,9,14-15,18-21,23H2,1-2H3,(H,31,37). The van der Waals surface area contributed by atoms with Crippen LogP contribution in [0, 0.1) is 13.8 Å². The highest BCUT2D eigenvalue weighted by Crippen LogP contribution is 2.23. The molecule has 0 unspecified atom stereocenters. The third-order valence-electron chi connectivity index (χ3n) is 7.01. The van der Waals surface area contributed by atoms with Crippen LogP contribution in [0.15, 0.2) is 79.1 Å². The number of carbonyl (C=O) groups is 1. The molecule has 1 N–H and O–H groups in total. The summed E-state index contributed by atoms with van der Waals surface area (Å²) in [6, 6.07) is 22.8. The highest BCUT2D eigenvalue weighted by molar-refractivity contribution is 5.98. The molecule has 1 aliphatic heterocycles. The SMILES string of the molecule is Cc1cccc(-n2nc(C)c(C(=O)NCCCN3CCN(Cc4ccccc4)CC3)c2-n2cccc2)c1. The molecule has 37 heavy (non-hydrogen) atoms. The van der Waals surface area contributed by atoms with Crippen molar-refractivity contribution in [2.24, 2.45) is 0 Å². The summed E-state index contributed by atoms with van der Waals surface area (Å²) in [5, 5.41) is 7.92. The molecular weight excluding hydrogens is 460 g/mol. The molecule has 7 heteroatoms. The summed E-state index contributed by atoms with van der Waals surface area (Å²) < 4.78 is 3.83. The van der Waals surface area contributed by atoms with Gasteiger partial charge in [0.05, 0.1) is 11.4 Å². The van der Waals surface area contributed by atoms with E-state index in [1.54, 1.807) is 0 Å². The van der Waals surface area contributed by atoms with E-state index < -0.39 is 0 Å². The largest absolute Gasteiger partial charge is 0.352 e. The first-order valence-electron chi connectivity index (χ1n) is 13.2. The molecule has 5 rings (SSSR count). The summed E-state index contributed by atoms with van der Waals surface area (Å²) in [5.74, 6) is 0.688. The zero-order valence-corrected chi connectivity index (χ0v) is 21.8. The first kappa shape index (κ1) is 25.0. The van der Waals surface area contributed by atoms with E-state index in [9.17, 15) is 4.79 Å². The third-order valence-corrected chi connectivity index (χ3v) is 7.01. The van der Waals surface area contributed by atoms with Gasteiger partial charge >= 0.3 is 0 Å². The lowest BCUT2D eigenvalue weighted by molar-refractivity contribution is 0.0946. The summed E-state index contributed by atoms with van der Waals surface area (Å²) in [4.78, 5) is 18.4. The van der Waals surface area contributed by atoms with Gasteiger partial charge in [-0.3, -0.25) is 9.69 Å². The van der Waals surface area contributed by atoms with Gasteiger partial charge in [0.25, 0.3) is 5.91 Å². The molecule has 0 atom stereocenters. The average molecular weight is 497 g/mol. The first-order valence-corrected chi connectivity index (χ1v) is 13.2. The molecule has 0 aliphatic carbocycles. The average Bonchev–Trinajstić information content (AvgIpc) is 3.56. The molecule has 192 valence electrons. The summed E-state index contributed by atoms with van der Waals surface area (Å²) in [6.07, 6.45) is 4.84. The summed E-state index contributed by atoms with van der Waals surface area (Å²) in [6.45, 7) is 10.9. The van der Waals surface area contributed by atoms with E-state index in [0.29, 0.717) is 12.1 Å². The van der Waals surface area contributed by atoms with E-state index in [2.05, 4.69) is 64.5 Å². The number of rotatable bonds is 9. The van der Waals surface area contributed by atoms with Gasteiger partial charge in [0, 0.05) is 51.7 Å². The predicted molar refractivity (Wildman–Crippen MR) is 147 cm³/mol. The van der Waals surface area contributed by atoms with Gasteiger partial charge in [-0.2, -0.15) is 5.10 Å². The zero-order valence-electron chi connectivity index (χ0n) is 21.8. The van der Waals surface area contributed by atoms with Gasteiger partial charge in [0.2, 0.25) is 0 Å². The highest BCUT2D eigenvalue weighted by atomic mass is 16.1. The van der Waals surface area contributed by atoms with Gasteiger partial charge < -0.3 is 14.8 Å². The van der Waals surface area contributed by atoms with Crippen LogP contribution in [0.25, 0.3) is 11.5 Å². The minimum Gasteiger partial charge on any atom is -0.352 e. The summed E-state index contributed by atoms with van der Waals surface area (Å²) in [5.41, 5.74) is 4.80. The van der Waals surface area contributed by atoms with Gasteiger partial charge in [-0.15, -0.1) is 0 Å². The van der Waals surface area contributed by atoms with Crippen LogP contribution in [0.5, 0.6) is 0 Å². The van der Waals surface area contributed by atoms with Crippen LogP contribution in [-0.4, -0.2) is 69.3 Å². The van der Waals surface area contributed by atoms with Crippen molar-refractivity contribution < 1.29 is 4.79 Å². The number of carbonyl (C=O) groups excluding carboxylic acids is 1. The smallest absolute Gasteiger partial charge is 0.256 e. The Morgan fingerprint density at radius 2 is 1.62 bits per heavy atom. The molecule has 1 saturated heterocycles. The minimum atomic E-state index is -0.0761. The lowest BCUT2D eigenvalue weighted by Crippen LogP contribution is -2.46. The number of hydrogen-bond donors (Lipinski definition) is 1. The Balaban J connectivity index is 1.17. The number of benzene rings is 2. The first-order chi connectivity index (χ1) is 18.1. The van der Waals surface area contributed by atoms with Gasteiger partial charge in [0.1, 0.15) is 5.56 Å². The lowest BCUT2D eigenvalue weighted by atomic mass is 10.2. The quantitative estimate of drug-likeness (QED) is 0.353. The highest BCUT2D eigenvalue weighted by Gasteiger charge is 2.24. The monoisotopic (exact) mass is 496 g/mol. The van der Waals surface area contributed by atoms with Crippen molar-refractivity contribution in [3.8, 4) is 11.5 Å². The maximum Gasteiger partial charge on any atom is 0.256 e. The van der Waals surface area contributed by atoms with Crippen LogP contribution in [-0.2, 0) is 6.54 Å². The van der Waals surface area contributed by atoms with Crippen LogP contribution < -0.4 is 5.32 Å². The van der Waals surface area contributed by atoms with E-state index in [1.165, 1.54) is 5.56 Å². The Labute approximate surface area is 219 Å². The number of aromatic nitrogens is 3. The second kappa shape index (κ2) is 11.6. The fourth-order valence-corrected chi connectivity index (χ4v) is 5.04. The van der Waals surface area contributed by atoms with Crippen LogP contribution >= 0.6 is 0 Å². The normalized spacial score (nSPS) is 14.6. The second-order valence-corrected chi connectivity index (χ2v) is 9.84. The van der Waals surface area contributed by atoms with Crippen LogP contribution in [0.2, 0.25) is 0 Å². The fraction of sp³-hybridized carbons (Fsp3) is 0.333. The number of piperazine rings is 1. The molecule has 7 nitrogen and oxygen atoms in total. The van der Waals surface area contributed by atoms with E-state index in [1.807, 2.05) is 52.8 Å². The van der Waals surface area contributed by atoms with Crippen molar-refractivity contribution in [2.75, 3.05) is 39.3 Å². The van der Waals surface area contributed by atoms with Crippen molar-refractivity contribution in [3.05, 3.63) is 102 Å². The van der Waals surface area contributed by atoms with Crippen molar-refractivity contribution in [2.45, 2.75) is 26.8 Å². The van der Waals surface area contributed by atoms with Gasteiger partial charge in [-0.25, -0.2) is 4.68 Å². The third kappa shape index (κ3) is 6.01. The van der Waals surface area contributed by atoms with Crippen LogP contribution in [0.3, 0.4) is 0 Å². The Morgan fingerprint density at radius 1 is 0.892 bits per heavy atom. The van der Waals surface area contributed by atoms with Crippen LogP contribution in [0.1, 0.15) is 33.6 Å². The van der Waals surface area contributed by atoms with E-state index in [4.69, 9.17) is 5.10 Å². The van der Waals surface area contributed by atoms with E-state index in [-0.39, 0.29) is 5.91 Å². The number of hydrogen-bond acceptors (Lipinski definition) is 4. The molecule has 4 aromatic rings. The molecule has 1 fully saturated rings. The van der Waals surface area contributed by atoms with Crippen molar-refractivity contribution >= 4 is 5.91 Å². The Morgan fingerprint density at radius 3 is 2.35 bits per heavy atom. The fourth-order valence-electron chi connectivity index (χ4n) is 5.04. The minimum absolute atomic E-state index is 0.0761. The Hall–Kier alpha value is -3.68. The molecule has 2 aromatic carbocycles. The van der Waals surface area contributed by atoms with Gasteiger partial charge in [-0.1, -0.05) is 42.5 Å². The van der Waals surface area contributed by atoms with Crippen molar-refractivity contribution in [1.29, 1.82) is 0 Å². The lowest BCUT2D eigenvalue weighted by Gasteiger charge is -2.34.